The lowest BCUT2D eigenvalue weighted by Gasteiger charge is -2.19. The first kappa shape index (κ1) is 24.4. The van der Waals surface area contributed by atoms with Gasteiger partial charge in [-0.15, -0.1) is 0 Å². The van der Waals surface area contributed by atoms with Crippen molar-refractivity contribution in [2.45, 2.75) is 83.7 Å². The molecule has 4 nitrogen and oxygen atoms in total. The van der Waals surface area contributed by atoms with Gasteiger partial charge in [0, 0.05) is 25.2 Å². The van der Waals surface area contributed by atoms with Gasteiger partial charge in [-0.2, -0.15) is 13.2 Å². The Kier molecular flexibility index (Phi) is 10.5. The first-order valence-corrected chi connectivity index (χ1v) is 10.2. The average Bonchev–Trinajstić information content (AvgIpc) is 3.02. The zero-order valence-electron chi connectivity index (χ0n) is 16.5. The third-order valence-electron chi connectivity index (χ3n) is 5.45. The number of Topliss-reactive ketones (excluding diaryl/α,β-unsaturated/α-hetero) is 2. The van der Waals surface area contributed by atoms with Crippen molar-refractivity contribution in [2.24, 2.45) is 17.8 Å². The molecule has 1 unspecified atom stereocenters. The molecular weight excluding hydrogens is 373 g/mol. The molecule has 0 aliphatic heterocycles. The van der Waals surface area contributed by atoms with Crippen molar-refractivity contribution >= 4 is 17.5 Å². The Labute approximate surface area is 164 Å². The number of halogens is 3. The Hall–Kier alpha value is -1.66. The van der Waals surface area contributed by atoms with E-state index < -0.39 is 29.9 Å². The standard InChI is InChI=1S/C21H31F3O4/c1-2-3-8-15(21(22,23)24)13-14-16(25)9-5-4-6-10-18(20(27)28)17-11-7-12-19(17)26/h4-5,15,17-18H,2-3,6-14H2,1H3,(H,27,28)/t15?,17-,18+/m1/s1. The van der Waals surface area contributed by atoms with Crippen LogP contribution < -0.4 is 0 Å². The molecule has 0 radical (unpaired) electrons. The molecule has 0 spiro atoms. The van der Waals surface area contributed by atoms with Crippen LogP contribution in [0.1, 0.15) is 77.6 Å². The molecule has 1 N–H and O–H groups in total. The van der Waals surface area contributed by atoms with Crippen LogP contribution in [0, 0.1) is 17.8 Å². The first-order valence-electron chi connectivity index (χ1n) is 10.2. The zero-order chi connectivity index (χ0) is 21.2. The van der Waals surface area contributed by atoms with E-state index >= 15 is 0 Å². The minimum Gasteiger partial charge on any atom is -0.481 e. The van der Waals surface area contributed by atoms with Crippen LogP contribution in [0.4, 0.5) is 13.2 Å². The SMILES string of the molecule is CCCCC(CCC(=O)CC=CCC[C@H](C(=O)O)[C@H]1CCCC1=O)C(F)(F)F. The molecule has 0 heterocycles. The molecule has 7 heteroatoms. The van der Waals surface area contributed by atoms with Gasteiger partial charge in [-0.05, 0) is 38.5 Å². The van der Waals surface area contributed by atoms with Crippen LogP contribution in [0.15, 0.2) is 12.2 Å². The van der Waals surface area contributed by atoms with Crippen molar-refractivity contribution in [2.75, 3.05) is 0 Å². The van der Waals surface area contributed by atoms with E-state index in [1.54, 1.807) is 12.2 Å². The minimum absolute atomic E-state index is 0.00819. The highest BCUT2D eigenvalue weighted by atomic mass is 19.4. The van der Waals surface area contributed by atoms with E-state index in [4.69, 9.17) is 0 Å². The predicted octanol–water partition coefficient (Wildman–Crippen LogP) is 5.50. The fourth-order valence-corrected chi connectivity index (χ4v) is 3.73. The van der Waals surface area contributed by atoms with Crippen molar-refractivity contribution in [3.8, 4) is 0 Å². The number of hydrogen-bond donors (Lipinski definition) is 1. The van der Waals surface area contributed by atoms with Crippen LogP contribution in [0.5, 0.6) is 0 Å². The number of carbonyl (C=O) groups excluding carboxylic acids is 2. The minimum atomic E-state index is -4.27. The molecule has 1 aliphatic rings. The Morgan fingerprint density at radius 2 is 1.93 bits per heavy atom. The van der Waals surface area contributed by atoms with Crippen LogP contribution in [-0.2, 0) is 14.4 Å². The summed E-state index contributed by atoms with van der Waals surface area (Å²) in [6.45, 7) is 1.83. The number of allylic oxidation sites excluding steroid dienone is 2. The maximum atomic E-state index is 12.9. The fourth-order valence-electron chi connectivity index (χ4n) is 3.73. The molecular formula is C21H31F3O4. The monoisotopic (exact) mass is 404 g/mol. The second-order valence-corrected chi connectivity index (χ2v) is 7.62. The number of hydrogen-bond acceptors (Lipinski definition) is 3. The number of ketones is 2. The molecule has 0 aromatic carbocycles. The van der Waals surface area contributed by atoms with E-state index in [9.17, 15) is 32.7 Å². The Morgan fingerprint density at radius 1 is 1.21 bits per heavy atom. The van der Waals surface area contributed by atoms with Crippen LogP contribution in [0.3, 0.4) is 0 Å². The molecule has 1 aliphatic carbocycles. The number of alkyl halides is 3. The van der Waals surface area contributed by atoms with E-state index in [1.807, 2.05) is 6.92 Å². The highest BCUT2D eigenvalue weighted by Gasteiger charge is 2.38. The Morgan fingerprint density at radius 3 is 2.46 bits per heavy atom. The summed E-state index contributed by atoms with van der Waals surface area (Å²) >= 11 is 0. The number of rotatable bonds is 13. The van der Waals surface area contributed by atoms with Crippen LogP contribution in [0.25, 0.3) is 0 Å². The van der Waals surface area contributed by atoms with Crippen molar-refractivity contribution in [1.29, 1.82) is 0 Å². The topological polar surface area (TPSA) is 71.4 Å². The Balaban J connectivity index is 2.36. The highest BCUT2D eigenvalue weighted by Crippen LogP contribution is 2.34. The molecule has 0 amide bonds. The number of carboxylic acid groups (broad SMARTS) is 1. The molecule has 1 rings (SSSR count). The molecule has 0 aromatic rings. The smallest absolute Gasteiger partial charge is 0.391 e. The molecule has 28 heavy (non-hydrogen) atoms. The molecule has 1 fully saturated rings. The third-order valence-corrected chi connectivity index (χ3v) is 5.45. The summed E-state index contributed by atoms with van der Waals surface area (Å²) in [5, 5.41) is 9.32. The number of unbranched alkanes of at least 4 members (excludes halogenated alkanes) is 1. The van der Waals surface area contributed by atoms with Gasteiger partial charge in [0.05, 0.1) is 11.8 Å². The van der Waals surface area contributed by atoms with Gasteiger partial charge in [-0.3, -0.25) is 14.4 Å². The summed E-state index contributed by atoms with van der Waals surface area (Å²) in [7, 11) is 0. The maximum Gasteiger partial charge on any atom is 0.391 e. The van der Waals surface area contributed by atoms with Crippen molar-refractivity contribution in [1.82, 2.24) is 0 Å². The maximum absolute atomic E-state index is 12.9. The summed E-state index contributed by atoms with van der Waals surface area (Å²) in [5.41, 5.74) is 0. The number of carboxylic acids is 1. The lowest BCUT2D eigenvalue weighted by molar-refractivity contribution is -0.178. The van der Waals surface area contributed by atoms with Gasteiger partial charge in [-0.25, -0.2) is 0 Å². The van der Waals surface area contributed by atoms with E-state index in [-0.39, 0.29) is 37.2 Å². The average molecular weight is 404 g/mol. The molecule has 3 atom stereocenters. The van der Waals surface area contributed by atoms with Crippen LogP contribution in [0.2, 0.25) is 0 Å². The summed E-state index contributed by atoms with van der Waals surface area (Å²) < 4.78 is 38.8. The van der Waals surface area contributed by atoms with E-state index in [0.29, 0.717) is 38.5 Å². The van der Waals surface area contributed by atoms with Crippen LogP contribution in [-0.4, -0.2) is 28.8 Å². The summed E-state index contributed by atoms with van der Waals surface area (Å²) in [5.74, 6) is -3.77. The van der Waals surface area contributed by atoms with E-state index in [1.165, 1.54) is 0 Å². The van der Waals surface area contributed by atoms with Gasteiger partial charge in [0.25, 0.3) is 0 Å². The predicted molar refractivity (Wildman–Crippen MR) is 99.8 cm³/mol. The van der Waals surface area contributed by atoms with Gasteiger partial charge in [-0.1, -0.05) is 31.9 Å². The van der Waals surface area contributed by atoms with Crippen molar-refractivity contribution in [3.05, 3.63) is 12.2 Å². The van der Waals surface area contributed by atoms with Gasteiger partial charge in [0.1, 0.15) is 11.6 Å². The summed E-state index contributed by atoms with van der Waals surface area (Å²) in [6.07, 6.45) is 2.54. The van der Waals surface area contributed by atoms with Crippen molar-refractivity contribution in [3.63, 3.8) is 0 Å². The quantitative estimate of drug-likeness (QED) is 0.411. The highest BCUT2D eigenvalue weighted by molar-refractivity contribution is 5.87. The summed E-state index contributed by atoms with van der Waals surface area (Å²) in [6, 6.07) is 0. The van der Waals surface area contributed by atoms with Gasteiger partial charge < -0.3 is 5.11 Å². The molecule has 0 aromatic heterocycles. The number of aliphatic carboxylic acids is 1. The first-order chi connectivity index (χ1) is 13.2. The van der Waals surface area contributed by atoms with E-state index in [2.05, 4.69) is 0 Å². The van der Waals surface area contributed by atoms with Gasteiger partial charge in [0.15, 0.2) is 0 Å². The summed E-state index contributed by atoms with van der Waals surface area (Å²) in [4.78, 5) is 35.0. The van der Waals surface area contributed by atoms with Gasteiger partial charge >= 0.3 is 12.1 Å². The lowest BCUT2D eigenvalue weighted by atomic mass is 9.86. The Bertz CT molecular complexity index is 554. The second kappa shape index (κ2) is 12.0. The largest absolute Gasteiger partial charge is 0.481 e. The molecule has 0 bridgehead atoms. The second-order valence-electron chi connectivity index (χ2n) is 7.62. The zero-order valence-corrected chi connectivity index (χ0v) is 16.5. The van der Waals surface area contributed by atoms with Crippen LogP contribution >= 0.6 is 0 Å². The number of carbonyl (C=O) groups is 3. The molecule has 0 saturated heterocycles. The lowest BCUT2D eigenvalue weighted by Crippen LogP contribution is -2.26. The molecule has 1 saturated carbocycles. The molecule has 160 valence electrons. The van der Waals surface area contributed by atoms with Gasteiger partial charge in [0.2, 0.25) is 0 Å². The fraction of sp³-hybridized carbons (Fsp3) is 0.762. The normalized spacial score (nSPS) is 19.9. The van der Waals surface area contributed by atoms with E-state index in [0.717, 1.165) is 6.42 Å². The van der Waals surface area contributed by atoms with Crippen molar-refractivity contribution < 1.29 is 32.7 Å². The third kappa shape index (κ3) is 8.57.